The molecule has 7 nitrogen and oxygen atoms in total. The molecule has 0 aliphatic carbocycles. The fourth-order valence-corrected chi connectivity index (χ4v) is 2.61. The number of carboxylic acid groups (broad SMARTS) is 1. The molecule has 128 valence electrons. The van der Waals surface area contributed by atoms with Crippen molar-refractivity contribution < 1.29 is 14.7 Å². The van der Waals surface area contributed by atoms with E-state index < -0.39 is 24.0 Å². The molecule has 3 atom stereocenters. The van der Waals surface area contributed by atoms with E-state index >= 15 is 0 Å². The van der Waals surface area contributed by atoms with Gasteiger partial charge >= 0.3 is 5.97 Å². The molecule has 1 aromatic heterocycles. The molecule has 0 saturated carbocycles. The van der Waals surface area contributed by atoms with Gasteiger partial charge in [-0.1, -0.05) is 43.6 Å². The zero-order chi connectivity index (χ0) is 17.7. The summed E-state index contributed by atoms with van der Waals surface area (Å²) < 4.78 is 0. The molecule has 1 aromatic carbocycles. The van der Waals surface area contributed by atoms with Crippen molar-refractivity contribution in [2.45, 2.75) is 38.8 Å². The molecule has 1 heterocycles. The highest BCUT2D eigenvalue weighted by Crippen LogP contribution is 2.19. The highest BCUT2D eigenvalue weighted by atomic mass is 16.4. The average molecular weight is 331 g/mol. The van der Waals surface area contributed by atoms with Crippen molar-refractivity contribution in [3.8, 4) is 0 Å². The lowest BCUT2D eigenvalue weighted by Crippen LogP contribution is -2.47. The lowest BCUT2D eigenvalue weighted by molar-refractivity contribution is -0.142. The number of hydrogen-bond acceptors (Lipinski definition) is 4. The van der Waals surface area contributed by atoms with Crippen LogP contribution in [0.2, 0.25) is 0 Å². The number of carboxylic acids is 1. The van der Waals surface area contributed by atoms with Crippen LogP contribution in [0.3, 0.4) is 0 Å². The number of carbonyl (C=O) groups is 2. The van der Waals surface area contributed by atoms with E-state index in [0.717, 1.165) is 16.5 Å². The minimum absolute atomic E-state index is 0.122. The van der Waals surface area contributed by atoms with Crippen LogP contribution in [0.4, 0.5) is 0 Å². The highest BCUT2D eigenvalue weighted by molar-refractivity contribution is 5.88. The number of para-hydroxylation sites is 1. The quantitative estimate of drug-likeness (QED) is 0.645. The van der Waals surface area contributed by atoms with E-state index in [1.165, 1.54) is 0 Å². The van der Waals surface area contributed by atoms with Crippen molar-refractivity contribution in [1.82, 2.24) is 10.3 Å². The number of nitrogens with one attached hydrogen (secondary N) is 2. The summed E-state index contributed by atoms with van der Waals surface area (Å²) in [7, 11) is 0. The lowest BCUT2D eigenvalue weighted by Gasteiger charge is -2.19. The van der Waals surface area contributed by atoms with Crippen molar-refractivity contribution in [3.63, 3.8) is 0 Å². The largest absolute Gasteiger partial charge is 0.480 e. The van der Waals surface area contributed by atoms with Crippen molar-refractivity contribution >= 4 is 22.8 Å². The van der Waals surface area contributed by atoms with E-state index in [-0.39, 0.29) is 12.3 Å². The number of amides is 1. The third-order valence-corrected chi connectivity index (χ3v) is 4.28. The van der Waals surface area contributed by atoms with Crippen molar-refractivity contribution in [3.05, 3.63) is 40.9 Å². The Morgan fingerprint density at radius 1 is 1.33 bits per heavy atom. The second kappa shape index (κ2) is 7.72. The number of hydrogen-bond donors (Lipinski definition) is 3. The number of nitroso groups, excluding NO2 is 1. The van der Waals surface area contributed by atoms with Gasteiger partial charge in [0.25, 0.3) is 0 Å². The molecular formula is C17H21N3O4. The summed E-state index contributed by atoms with van der Waals surface area (Å²) in [5, 5.41) is 15.6. The fourth-order valence-electron chi connectivity index (χ4n) is 2.61. The number of carbonyl (C=O) groups excluding carboxylic acids is 1. The van der Waals surface area contributed by atoms with Gasteiger partial charge in [0.1, 0.15) is 6.04 Å². The van der Waals surface area contributed by atoms with Gasteiger partial charge in [-0.15, -0.1) is 4.91 Å². The van der Waals surface area contributed by atoms with E-state index in [1.807, 2.05) is 31.2 Å². The highest BCUT2D eigenvalue weighted by Gasteiger charge is 2.29. The lowest BCUT2D eigenvalue weighted by atomic mass is 9.98. The Bertz CT molecular complexity index is 740. The van der Waals surface area contributed by atoms with Gasteiger partial charge < -0.3 is 15.4 Å². The Hall–Kier alpha value is -2.70. The fraction of sp³-hybridized carbons (Fsp3) is 0.412. The van der Waals surface area contributed by atoms with E-state index in [0.29, 0.717) is 6.42 Å². The number of rotatable bonds is 8. The number of H-pyrrole nitrogens is 1. The van der Waals surface area contributed by atoms with Crippen LogP contribution in [0, 0.1) is 10.8 Å². The van der Waals surface area contributed by atoms with Crippen LogP contribution in [0.15, 0.2) is 35.6 Å². The Morgan fingerprint density at radius 2 is 2.04 bits per heavy atom. The summed E-state index contributed by atoms with van der Waals surface area (Å²) in [4.78, 5) is 37.7. The van der Waals surface area contributed by atoms with Gasteiger partial charge in [-0.3, -0.25) is 4.79 Å². The first-order valence-corrected chi connectivity index (χ1v) is 7.88. The van der Waals surface area contributed by atoms with Gasteiger partial charge in [-0.05, 0) is 17.5 Å². The smallest absolute Gasteiger partial charge is 0.326 e. The monoisotopic (exact) mass is 331 g/mol. The van der Waals surface area contributed by atoms with E-state index in [9.17, 15) is 19.6 Å². The minimum atomic E-state index is -1.15. The Balaban J connectivity index is 2.16. The molecule has 7 heteroatoms. The maximum absolute atomic E-state index is 12.2. The first-order chi connectivity index (χ1) is 11.5. The molecule has 0 spiro atoms. The summed E-state index contributed by atoms with van der Waals surface area (Å²) in [6, 6.07) is 5.32. The maximum Gasteiger partial charge on any atom is 0.326 e. The van der Waals surface area contributed by atoms with Crippen LogP contribution in [0.5, 0.6) is 0 Å². The third-order valence-electron chi connectivity index (χ3n) is 4.28. The van der Waals surface area contributed by atoms with E-state index in [4.69, 9.17) is 0 Å². The standard InChI is InChI=1S/C17H21N3O4/c1-3-10(2)15(20-24)16(21)19-14(17(22)23)8-11-9-18-13-7-5-4-6-12(11)13/h4-7,9-10,14-15,18H,3,8H2,1-2H3,(H,19,21)(H,22,23)/t10?,14-,15?/m0/s1. The van der Waals surface area contributed by atoms with E-state index in [2.05, 4.69) is 15.5 Å². The molecule has 24 heavy (non-hydrogen) atoms. The molecule has 1 amide bonds. The van der Waals surface area contributed by atoms with Crippen LogP contribution in [-0.2, 0) is 16.0 Å². The van der Waals surface area contributed by atoms with Crippen LogP contribution >= 0.6 is 0 Å². The maximum atomic E-state index is 12.2. The molecule has 0 aliphatic rings. The van der Waals surface area contributed by atoms with Gasteiger partial charge in [0.2, 0.25) is 5.91 Å². The van der Waals surface area contributed by atoms with Gasteiger partial charge in [0.15, 0.2) is 6.04 Å². The van der Waals surface area contributed by atoms with Crippen LogP contribution in [0.1, 0.15) is 25.8 Å². The Kier molecular flexibility index (Phi) is 5.68. The predicted octanol–water partition coefficient (Wildman–Crippen LogP) is 2.46. The zero-order valence-corrected chi connectivity index (χ0v) is 13.7. The molecule has 2 aromatic rings. The van der Waals surface area contributed by atoms with Gasteiger partial charge in [0, 0.05) is 23.5 Å². The summed E-state index contributed by atoms with van der Waals surface area (Å²) in [6.45, 7) is 3.58. The normalized spacial score (nSPS) is 14.8. The molecule has 2 rings (SSSR count). The van der Waals surface area contributed by atoms with Gasteiger partial charge in [-0.25, -0.2) is 4.79 Å². The minimum Gasteiger partial charge on any atom is -0.480 e. The molecule has 0 fully saturated rings. The van der Waals surface area contributed by atoms with Crippen LogP contribution in [-0.4, -0.2) is 34.1 Å². The second-order valence-corrected chi connectivity index (χ2v) is 5.90. The summed E-state index contributed by atoms with van der Waals surface area (Å²) in [5.41, 5.74) is 1.69. The Labute approximate surface area is 139 Å². The van der Waals surface area contributed by atoms with Crippen LogP contribution in [0.25, 0.3) is 10.9 Å². The molecule has 2 unspecified atom stereocenters. The third kappa shape index (κ3) is 3.79. The van der Waals surface area contributed by atoms with Gasteiger partial charge in [0.05, 0.1) is 0 Å². The molecule has 0 aliphatic heterocycles. The predicted molar refractivity (Wildman–Crippen MR) is 90.6 cm³/mol. The summed E-state index contributed by atoms with van der Waals surface area (Å²) in [5.74, 6) is -2.04. The van der Waals surface area contributed by atoms with Crippen molar-refractivity contribution in [1.29, 1.82) is 0 Å². The topological polar surface area (TPSA) is 112 Å². The van der Waals surface area contributed by atoms with Gasteiger partial charge in [-0.2, -0.15) is 0 Å². The number of fused-ring (bicyclic) bond motifs is 1. The van der Waals surface area contributed by atoms with Crippen molar-refractivity contribution in [2.24, 2.45) is 11.1 Å². The molecule has 0 radical (unpaired) electrons. The first kappa shape index (κ1) is 17.7. The molecule has 0 bridgehead atoms. The second-order valence-electron chi connectivity index (χ2n) is 5.90. The number of aliphatic carboxylic acids is 1. The summed E-state index contributed by atoms with van der Waals surface area (Å²) in [6.07, 6.45) is 2.46. The van der Waals surface area contributed by atoms with Crippen LogP contribution < -0.4 is 5.32 Å². The number of aromatic nitrogens is 1. The van der Waals surface area contributed by atoms with Crippen molar-refractivity contribution in [2.75, 3.05) is 0 Å². The zero-order valence-electron chi connectivity index (χ0n) is 13.7. The SMILES string of the molecule is CCC(C)C(N=O)C(=O)N[C@@H](Cc1c[nH]c2ccccc12)C(=O)O. The molecular weight excluding hydrogens is 310 g/mol. The average Bonchev–Trinajstić information content (AvgIpc) is 2.97. The van der Waals surface area contributed by atoms with E-state index in [1.54, 1.807) is 13.1 Å². The number of aromatic amines is 1. The Morgan fingerprint density at radius 3 is 2.67 bits per heavy atom. The summed E-state index contributed by atoms with van der Waals surface area (Å²) >= 11 is 0. The first-order valence-electron chi connectivity index (χ1n) is 7.88. The molecule has 0 saturated heterocycles. The number of benzene rings is 1. The molecule has 3 N–H and O–H groups in total. The number of nitrogens with zero attached hydrogens (tertiary/aromatic N) is 1.